The van der Waals surface area contributed by atoms with E-state index < -0.39 is 21.6 Å². The number of hydrogen-bond acceptors (Lipinski definition) is 6. The van der Waals surface area contributed by atoms with Crippen LogP contribution in [-0.2, 0) is 14.8 Å². The summed E-state index contributed by atoms with van der Waals surface area (Å²) >= 11 is 3.40. The molecule has 1 heterocycles. The summed E-state index contributed by atoms with van der Waals surface area (Å²) in [5.41, 5.74) is 1.22. The summed E-state index contributed by atoms with van der Waals surface area (Å²) in [7, 11) is -3.98. The van der Waals surface area contributed by atoms with Crippen LogP contribution in [0.25, 0.3) is 10.9 Å². The third-order valence-corrected chi connectivity index (χ3v) is 7.20. The summed E-state index contributed by atoms with van der Waals surface area (Å²) in [6.45, 7) is 2.95. The number of amides is 1. The van der Waals surface area contributed by atoms with Crippen LogP contribution in [0, 0.1) is 0 Å². The molecule has 0 bridgehead atoms. The van der Waals surface area contributed by atoms with Crippen LogP contribution in [0.5, 0.6) is 0 Å². The molecular weight excluding hydrogens is 546 g/mol. The molecule has 9 nitrogen and oxygen atoms in total. The zero-order chi connectivity index (χ0) is 25.9. The summed E-state index contributed by atoms with van der Waals surface area (Å²) in [4.78, 5) is 29.1. The highest BCUT2D eigenvalue weighted by atomic mass is 79.9. The monoisotopic (exact) mass is 567 g/mol. The van der Waals surface area contributed by atoms with E-state index in [1.807, 2.05) is 24.3 Å². The van der Waals surface area contributed by atoms with Gasteiger partial charge < -0.3 is 5.32 Å². The second-order valence-corrected chi connectivity index (χ2v) is 10.6. The molecule has 2 N–H and O–H groups in total. The van der Waals surface area contributed by atoms with Crippen LogP contribution in [0.1, 0.15) is 31.3 Å². The van der Waals surface area contributed by atoms with Gasteiger partial charge in [0, 0.05) is 17.1 Å². The van der Waals surface area contributed by atoms with E-state index in [2.05, 4.69) is 36.1 Å². The molecule has 0 saturated heterocycles. The maximum atomic E-state index is 13.3. The number of rotatable bonds is 7. The molecule has 4 aromatic rings. The molecule has 0 aliphatic carbocycles. The first-order valence-electron chi connectivity index (χ1n) is 10.9. The van der Waals surface area contributed by atoms with Crippen molar-refractivity contribution in [1.82, 2.24) is 14.4 Å². The van der Waals surface area contributed by atoms with Crippen molar-refractivity contribution in [3.63, 3.8) is 0 Å². The molecule has 1 amide bonds. The average Bonchev–Trinajstić information content (AvgIpc) is 2.83. The minimum absolute atomic E-state index is 0.00391. The molecule has 36 heavy (non-hydrogen) atoms. The van der Waals surface area contributed by atoms with Crippen molar-refractivity contribution in [3.05, 3.63) is 99.0 Å². The number of nitrogens with one attached hydrogen (secondary N) is 2. The van der Waals surface area contributed by atoms with Gasteiger partial charge >= 0.3 is 0 Å². The number of carbonyl (C=O) groups excluding carboxylic acids is 1. The highest BCUT2D eigenvalue weighted by Gasteiger charge is 2.23. The van der Waals surface area contributed by atoms with E-state index in [4.69, 9.17) is 0 Å². The van der Waals surface area contributed by atoms with Gasteiger partial charge in [0.25, 0.3) is 5.56 Å². The summed E-state index contributed by atoms with van der Waals surface area (Å²) in [6, 6.07) is 19.0. The first kappa shape index (κ1) is 25.4. The lowest BCUT2D eigenvalue weighted by molar-refractivity contribution is -0.114. The second-order valence-electron chi connectivity index (χ2n) is 7.95. The fourth-order valence-electron chi connectivity index (χ4n) is 3.52. The third kappa shape index (κ3) is 5.76. The second kappa shape index (κ2) is 10.5. The highest BCUT2D eigenvalue weighted by molar-refractivity contribution is 9.10. The third-order valence-electron chi connectivity index (χ3n) is 5.15. The fourth-order valence-corrected chi connectivity index (χ4v) is 5.14. The molecule has 0 radical (unpaired) electrons. The fraction of sp³-hybridized carbons (Fsp3) is 0.120. The lowest BCUT2D eigenvalue weighted by Gasteiger charge is -2.17. The van der Waals surface area contributed by atoms with E-state index in [1.165, 1.54) is 37.4 Å². The number of sulfonamides is 1. The SMILES string of the molecule is CC(=O)Nc1ccc(S(=O)(=O)NC(C)c2nc3ccccc3c(=O)n2/N=C/c2cccc(Br)c2)cc1. The van der Waals surface area contributed by atoms with Gasteiger partial charge in [-0.1, -0.05) is 40.2 Å². The zero-order valence-electron chi connectivity index (χ0n) is 19.3. The Morgan fingerprint density at radius 1 is 1.08 bits per heavy atom. The van der Waals surface area contributed by atoms with Crippen molar-refractivity contribution in [2.45, 2.75) is 24.8 Å². The van der Waals surface area contributed by atoms with Crippen LogP contribution >= 0.6 is 15.9 Å². The van der Waals surface area contributed by atoms with E-state index >= 15 is 0 Å². The highest BCUT2D eigenvalue weighted by Crippen LogP contribution is 2.19. The molecule has 0 fully saturated rings. The Bertz CT molecular complexity index is 1630. The lowest BCUT2D eigenvalue weighted by atomic mass is 10.2. The summed E-state index contributed by atoms with van der Waals surface area (Å²) in [6.07, 6.45) is 1.51. The topological polar surface area (TPSA) is 123 Å². The van der Waals surface area contributed by atoms with Gasteiger partial charge in [-0.15, -0.1) is 0 Å². The van der Waals surface area contributed by atoms with Crippen LogP contribution in [0.3, 0.4) is 0 Å². The number of hydrogen-bond donors (Lipinski definition) is 2. The van der Waals surface area contributed by atoms with Gasteiger partial charge in [0.05, 0.1) is 28.1 Å². The van der Waals surface area contributed by atoms with Crippen molar-refractivity contribution in [3.8, 4) is 0 Å². The smallest absolute Gasteiger partial charge is 0.282 e. The Kier molecular flexibility index (Phi) is 7.43. The lowest BCUT2D eigenvalue weighted by Crippen LogP contribution is -2.32. The van der Waals surface area contributed by atoms with Crippen LogP contribution < -0.4 is 15.6 Å². The number of aromatic nitrogens is 2. The standard InChI is InChI=1S/C25H22BrN5O4S/c1-16(30-36(34,35)21-12-10-20(11-13-21)28-17(2)32)24-29-23-9-4-3-8-22(23)25(33)31(24)27-15-18-6-5-7-19(26)14-18/h3-16,30H,1-2H3,(H,28,32)/b27-15+. The minimum atomic E-state index is -3.98. The maximum Gasteiger partial charge on any atom is 0.282 e. The molecule has 1 aromatic heterocycles. The quantitative estimate of drug-likeness (QED) is 0.326. The number of halogens is 1. The average molecular weight is 568 g/mol. The molecular formula is C25H22BrN5O4S. The van der Waals surface area contributed by atoms with E-state index in [0.717, 1.165) is 14.7 Å². The van der Waals surface area contributed by atoms with E-state index in [9.17, 15) is 18.0 Å². The molecule has 0 spiro atoms. The Morgan fingerprint density at radius 3 is 2.50 bits per heavy atom. The molecule has 184 valence electrons. The van der Waals surface area contributed by atoms with E-state index in [1.54, 1.807) is 31.2 Å². The van der Waals surface area contributed by atoms with Gasteiger partial charge in [-0.25, -0.2) is 18.1 Å². The van der Waals surface area contributed by atoms with Crippen LogP contribution in [-0.4, -0.2) is 30.2 Å². The number of benzene rings is 3. The first-order valence-corrected chi connectivity index (χ1v) is 13.1. The number of fused-ring (bicyclic) bond motifs is 1. The number of nitrogens with zero attached hydrogens (tertiary/aromatic N) is 3. The van der Waals surface area contributed by atoms with Crippen LogP contribution in [0.2, 0.25) is 0 Å². The van der Waals surface area contributed by atoms with Crippen LogP contribution in [0.15, 0.2) is 92.1 Å². The van der Waals surface area contributed by atoms with Crippen molar-refractivity contribution >= 4 is 54.7 Å². The summed E-state index contributed by atoms with van der Waals surface area (Å²) in [5, 5.41) is 7.30. The van der Waals surface area contributed by atoms with Crippen LogP contribution in [0.4, 0.5) is 5.69 Å². The van der Waals surface area contributed by atoms with Gasteiger partial charge in [-0.3, -0.25) is 9.59 Å². The number of anilines is 1. The summed E-state index contributed by atoms with van der Waals surface area (Å²) < 4.78 is 30.7. The van der Waals surface area contributed by atoms with Gasteiger partial charge in [0.15, 0.2) is 5.82 Å². The molecule has 11 heteroatoms. The van der Waals surface area contributed by atoms with E-state index in [-0.39, 0.29) is 16.6 Å². The normalized spacial score (nSPS) is 12.6. The summed E-state index contributed by atoms with van der Waals surface area (Å²) in [5.74, 6) is -0.135. The Balaban J connectivity index is 1.72. The van der Waals surface area contributed by atoms with Crippen molar-refractivity contribution in [2.24, 2.45) is 5.10 Å². The van der Waals surface area contributed by atoms with E-state index in [0.29, 0.717) is 16.6 Å². The van der Waals surface area contributed by atoms with Gasteiger partial charge in [-0.05, 0) is 61.0 Å². The minimum Gasteiger partial charge on any atom is -0.326 e. The molecule has 4 rings (SSSR count). The molecule has 1 atom stereocenters. The first-order chi connectivity index (χ1) is 17.1. The number of para-hydroxylation sites is 1. The molecule has 1 unspecified atom stereocenters. The van der Waals surface area contributed by atoms with Crippen molar-refractivity contribution < 1.29 is 13.2 Å². The Labute approximate surface area is 216 Å². The molecule has 0 aliphatic heterocycles. The zero-order valence-corrected chi connectivity index (χ0v) is 21.7. The predicted octanol–water partition coefficient (Wildman–Crippen LogP) is 4.04. The number of carbonyl (C=O) groups is 1. The predicted molar refractivity (Wildman–Crippen MR) is 143 cm³/mol. The molecule has 0 saturated carbocycles. The van der Waals surface area contributed by atoms with Crippen molar-refractivity contribution in [2.75, 3.05) is 5.32 Å². The molecule has 0 aliphatic rings. The van der Waals surface area contributed by atoms with Gasteiger partial charge in [0.2, 0.25) is 15.9 Å². The van der Waals surface area contributed by atoms with Gasteiger partial charge in [0.1, 0.15) is 0 Å². The van der Waals surface area contributed by atoms with Gasteiger partial charge in [-0.2, -0.15) is 9.78 Å². The molecule has 3 aromatic carbocycles. The maximum absolute atomic E-state index is 13.3. The largest absolute Gasteiger partial charge is 0.326 e. The Hall–Kier alpha value is -3.67. The Morgan fingerprint density at radius 2 is 1.81 bits per heavy atom. The van der Waals surface area contributed by atoms with Crippen molar-refractivity contribution in [1.29, 1.82) is 0 Å².